The Kier molecular flexibility index (Phi) is 6.36. The van der Waals surface area contributed by atoms with E-state index in [9.17, 15) is 0 Å². The first kappa shape index (κ1) is 16.1. The fourth-order valence-electron chi connectivity index (χ4n) is 2.02. The molecule has 0 radical (unpaired) electrons. The van der Waals surface area contributed by atoms with Gasteiger partial charge in [0.1, 0.15) is 10.8 Å². The molecular formula is C16H19ClN2OS. The van der Waals surface area contributed by atoms with Crippen LogP contribution in [-0.4, -0.2) is 24.4 Å². The van der Waals surface area contributed by atoms with Crippen LogP contribution >= 0.6 is 23.4 Å². The zero-order chi connectivity index (χ0) is 15.1. The zero-order valence-corrected chi connectivity index (χ0v) is 13.7. The molecule has 21 heavy (non-hydrogen) atoms. The van der Waals surface area contributed by atoms with Crippen LogP contribution in [-0.2, 0) is 0 Å². The van der Waals surface area contributed by atoms with Crippen molar-refractivity contribution in [3.63, 3.8) is 0 Å². The zero-order valence-electron chi connectivity index (χ0n) is 12.2. The second kappa shape index (κ2) is 8.27. The molecule has 1 N–H and O–H groups in total. The number of rotatable bonds is 7. The number of nitrogens with zero attached hydrogens (tertiary/aromatic N) is 1. The third-order valence-corrected chi connectivity index (χ3v) is 4.57. The molecule has 0 aliphatic rings. The van der Waals surface area contributed by atoms with E-state index in [-0.39, 0.29) is 6.04 Å². The molecule has 0 aliphatic heterocycles. The SMILES string of the molecule is CCOc1ccccc1C(CSc1ncccc1Cl)NC. The molecule has 0 aliphatic carbocycles. The lowest BCUT2D eigenvalue weighted by Crippen LogP contribution is -2.19. The van der Waals surface area contributed by atoms with Crippen molar-refractivity contribution < 1.29 is 4.74 Å². The minimum absolute atomic E-state index is 0.177. The predicted molar refractivity (Wildman–Crippen MR) is 89.4 cm³/mol. The van der Waals surface area contributed by atoms with Crippen LogP contribution in [0.1, 0.15) is 18.5 Å². The van der Waals surface area contributed by atoms with Crippen molar-refractivity contribution in [1.82, 2.24) is 10.3 Å². The number of hydrogen-bond acceptors (Lipinski definition) is 4. The van der Waals surface area contributed by atoms with Crippen molar-refractivity contribution in [3.05, 3.63) is 53.2 Å². The molecule has 0 spiro atoms. The van der Waals surface area contributed by atoms with Gasteiger partial charge in [-0.1, -0.05) is 29.8 Å². The molecular weight excluding hydrogens is 304 g/mol. The van der Waals surface area contributed by atoms with E-state index >= 15 is 0 Å². The summed E-state index contributed by atoms with van der Waals surface area (Å²) in [5.74, 6) is 1.75. The molecule has 2 rings (SSSR count). The van der Waals surface area contributed by atoms with E-state index in [1.54, 1.807) is 18.0 Å². The van der Waals surface area contributed by atoms with Gasteiger partial charge in [-0.2, -0.15) is 0 Å². The topological polar surface area (TPSA) is 34.1 Å². The maximum Gasteiger partial charge on any atom is 0.124 e. The van der Waals surface area contributed by atoms with Gasteiger partial charge < -0.3 is 10.1 Å². The first-order chi connectivity index (χ1) is 10.3. The molecule has 1 heterocycles. The smallest absolute Gasteiger partial charge is 0.124 e. The Labute approximate surface area is 135 Å². The summed E-state index contributed by atoms with van der Waals surface area (Å²) in [5, 5.41) is 4.88. The Morgan fingerprint density at radius 1 is 1.29 bits per heavy atom. The van der Waals surface area contributed by atoms with Crippen LogP contribution in [0.25, 0.3) is 0 Å². The second-order valence-electron chi connectivity index (χ2n) is 4.41. The second-order valence-corrected chi connectivity index (χ2v) is 5.83. The number of thioether (sulfide) groups is 1. The molecule has 3 nitrogen and oxygen atoms in total. The number of para-hydroxylation sites is 1. The largest absolute Gasteiger partial charge is 0.494 e. The van der Waals surface area contributed by atoms with E-state index in [2.05, 4.69) is 16.4 Å². The number of aromatic nitrogens is 1. The summed E-state index contributed by atoms with van der Waals surface area (Å²) in [4.78, 5) is 4.31. The Hall–Kier alpha value is -1.23. The van der Waals surface area contributed by atoms with Gasteiger partial charge in [0.25, 0.3) is 0 Å². The molecule has 0 saturated carbocycles. The highest BCUT2D eigenvalue weighted by Crippen LogP contribution is 2.31. The monoisotopic (exact) mass is 322 g/mol. The highest BCUT2D eigenvalue weighted by atomic mass is 35.5. The Bertz CT molecular complexity index is 580. The first-order valence-electron chi connectivity index (χ1n) is 6.88. The molecule has 0 fully saturated rings. The normalized spacial score (nSPS) is 12.1. The van der Waals surface area contributed by atoms with E-state index in [1.165, 1.54) is 0 Å². The Balaban J connectivity index is 2.12. The maximum absolute atomic E-state index is 6.15. The predicted octanol–water partition coefficient (Wildman–Crippen LogP) is 4.19. The van der Waals surface area contributed by atoms with Gasteiger partial charge in [0.2, 0.25) is 0 Å². The maximum atomic E-state index is 6.15. The third-order valence-electron chi connectivity index (χ3n) is 3.05. The van der Waals surface area contributed by atoms with E-state index in [0.717, 1.165) is 22.1 Å². The van der Waals surface area contributed by atoms with Gasteiger partial charge in [-0.05, 0) is 32.2 Å². The Morgan fingerprint density at radius 2 is 2.10 bits per heavy atom. The van der Waals surface area contributed by atoms with Crippen LogP contribution in [0.5, 0.6) is 5.75 Å². The van der Waals surface area contributed by atoms with Crippen molar-refractivity contribution in [2.24, 2.45) is 0 Å². The number of ether oxygens (including phenoxy) is 1. The quantitative estimate of drug-likeness (QED) is 0.775. The third kappa shape index (κ3) is 4.37. The molecule has 1 aromatic carbocycles. The number of nitrogens with one attached hydrogen (secondary N) is 1. The standard InChI is InChI=1S/C16H19ClN2OS/c1-3-20-15-9-5-4-7-12(15)14(18-2)11-21-16-13(17)8-6-10-19-16/h4-10,14,18H,3,11H2,1-2H3. The molecule has 0 bridgehead atoms. The van der Waals surface area contributed by atoms with Gasteiger partial charge in [-0.15, -0.1) is 11.8 Å². The van der Waals surface area contributed by atoms with Crippen molar-refractivity contribution in [2.45, 2.75) is 18.0 Å². The fourth-order valence-corrected chi connectivity index (χ4v) is 3.32. The van der Waals surface area contributed by atoms with Crippen molar-refractivity contribution in [3.8, 4) is 5.75 Å². The highest BCUT2D eigenvalue weighted by molar-refractivity contribution is 7.99. The summed E-state index contributed by atoms with van der Waals surface area (Å²) in [6, 6.07) is 12.0. The van der Waals surface area contributed by atoms with Crippen LogP contribution in [0.2, 0.25) is 5.02 Å². The fraction of sp³-hybridized carbons (Fsp3) is 0.312. The molecule has 112 valence electrons. The minimum atomic E-state index is 0.177. The first-order valence-corrected chi connectivity index (χ1v) is 8.25. The van der Waals surface area contributed by atoms with Gasteiger partial charge in [-0.25, -0.2) is 4.98 Å². The van der Waals surface area contributed by atoms with Crippen LogP contribution in [0.3, 0.4) is 0 Å². The van der Waals surface area contributed by atoms with Crippen LogP contribution < -0.4 is 10.1 Å². The van der Waals surface area contributed by atoms with Crippen molar-refractivity contribution in [2.75, 3.05) is 19.4 Å². The van der Waals surface area contributed by atoms with E-state index in [4.69, 9.17) is 16.3 Å². The van der Waals surface area contributed by atoms with Crippen LogP contribution in [0, 0.1) is 0 Å². The summed E-state index contributed by atoms with van der Waals surface area (Å²) >= 11 is 7.79. The lowest BCUT2D eigenvalue weighted by molar-refractivity contribution is 0.333. The highest BCUT2D eigenvalue weighted by Gasteiger charge is 2.15. The van der Waals surface area contributed by atoms with E-state index < -0.39 is 0 Å². The van der Waals surface area contributed by atoms with Gasteiger partial charge >= 0.3 is 0 Å². The summed E-state index contributed by atoms with van der Waals surface area (Å²) in [5.41, 5.74) is 1.15. The van der Waals surface area contributed by atoms with Crippen LogP contribution in [0.4, 0.5) is 0 Å². The average molecular weight is 323 g/mol. The summed E-state index contributed by atoms with van der Waals surface area (Å²) < 4.78 is 5.70. The summed E-state index contributed by atoms with van der Waals surface area (Å²) in [6.45, 7) is 2.65. The lowest BCUT2D eigenvalue weighted by atomic mass is 10.1. The molecule has 1 atom stereocenters. The van der Waals surface area contributed by atoms with Crippen LogP contribution in [0.15, 0.2) is 47.6 Å². The van der Waals surface area contributed by atoms with Gasteiger partial charge in [-0.3, -0.25) is 0 Å². The van der Waals surface area contributed by atoms with Gasteiger partial charge in [0.15, 0.2) is 0 Å². The number of halogens is 1. The lowest BCUT2D eigenvalue weighted by Gasteiger charge is -2.19. The number of pyridine rings is 1. The minimum Gasteiger partial charge on any atom is -0.494 e. The molecule has 0 amide bonds. The van der Waals surface area contributed by atoms with Crippen molar-refractivity contribution in [1.29, 1.82) is 0 Å². The van der Waals surface area contributed by atoms with Gasteiger partial charge in [0, 0.05) is 23.6 Å². The molecule has 5 heteroatoms. The van der Waals surface area contributed by atoms with Crippen molar-refractivity contribution >= 4 is 23.4 Å². The molecule has 2 aromatic rings. The summed E-state index contributed by atoms with van der Waals surface area (Å²) in [7, 11) is 1.95. The average Bonchev–Trinajstić information content (AvgIpc) is 2.51. The molecule has 1 aromatic heterocycles. The number of hydrogen-bond donors (Lipinski definition) is 1. The van der Waals surface area contributed by atoms with Gasteiger partial charge in [0.05, 0.1) is 11.6 Å². The summed E-state index contributed by atoms with van der Waals surface area (Å²) in [6.07, 6.45) is 1.76. The Morgan fingerprint density at radius 3 is 2.81 bits per heavy atom. The van der Waals surface area contributed by atoms with E-state index in [1.807, 2.05) is 44.3 Å². The van der Waals surface area contributed by atoms with E-state index in [0.29, 0.717) is 11.6 Å². The molecule has 0 saturated heterocycles. The molecule has 1 unspecified atom stereocenters. The number of benzene rings is 1.